The van der Waals surface area contributed by atoms with Crippen molar-refractivity contribution >= 4 is 23.1 Å². The van der Waals surface area contributed by atoms with E-state index in [4.69, 9.17) is 22.7 Å². The van der Waals surface area contributed by atoms with E-state index in [2.05, 4.69) is 0 Å². The molecule has 0 atom stereocenters. The molecule has 0 radical (unpaired) electrons. The van der Waals surface area contributed by atoms with Gasteiger partial charge in [-0.1, -0.05) is 25.2 Å². The molecule has 19 heavy (non-hydrogen) atoms. The van der Waals surface area contributed by atoms with Crippen molar-refractivity contribution in [2.24, 2.45) is 5.73 Å². The number of amides is 1. The predicted molar refractivity (Wildman–Crippen MR) is 77.9 cm³/mol. The van der Waals surface area contributed by atoms with Gasteiger partial charge in [0.05, 0.1) is 24.7 Å². The number of hydrogen-bond donors (Lipinski definition) is 1. The summed E-state index contributed by atoms with van der Waals surface area (Å²) >= 11 is 4.90. The number of carbonyl (C=O) groups is 1. The molecule has 0 saturated heterocycles. The van der Waals surface area contributed by atoms with Crippen molar-refractivity contribution < 1.29 is 9.53 Å². The summed E-state index contributed by atoms with van der Waals surface area (Å²) in [6.45, 7) is 4.23. The monoisotopic (exact) mass is 278 g/mol. The average Bonchev–Trinajstić information content (AvgIpc) is 2.84. The topological polar surface area (TPSA) is 55.6 Å². The lowest BCUT2D eigenvalue weighted by Gasteiger charge is -2.21. The maximum Gasteiger partial charge on any atom is 0.254 e. The number of nitrogens with two attached hydrogens (primary N) is 1. The molecular weight excluding hydrogens is 260 g/mol. The maximum absolute atomic E-state index is 12.4. The Balaban J connectivity index is 2.18. The first-order valence-electron chi connectivity index (χ1n) is 6.39. The molecule has 1 aliphatic rings. The van der Waals surface area contributed by atoms with Crippen LogP contribution in [0.25, 0.3) is 0 Å². The van der Waals surface area contributed by atoms with E-state index in [1.54, 1.807) is 4.90 Å². The molecule has 2 rings (SSSR count). The van der Waals surface area contributed by atoms with E-state index in [1.165, 1.54) is 0 Å². The molecule has 1 aromatic rings. The summed E-state index contributed by atoms with van der Waals surface area (Å²) in [5.74, 6) is -0.0237. The van der Waals surface area contributed by atoms with E-state index in [0.29, 0.717) is 36.9 Å². The molecule has 0 spiro atoms. The van der Waals surface area contributed by atoms with Crippen LogP contribution < -0.4 is 5.73 Å². The lowest BCUT2D eigenvalue weighted by atomic mass is 10.1. The van der Waals surface area contributed by atoms with E-state index < -0.39 is 0 Å². The summed E-state index contributed by atoms with van der Waals surface area (Å²) in [7, 11) is 0. The van der Waals surface area contributed by atoms with Crippen LogP contribution in [0, 0.1) is 0 Å². The fourth-order valence-electron chi connectivity index (χ4n) is 2.20. The van der Waals surface area contributed by atoms with Gasteiger partial charge in [-0.25, -0.2) is 0 Å². The minimum absolute atomic E-state index is 0.0237. The van der Waals surface area contributed by atoms with Crippen LogP contribution in [0.4, 0.5) is 0 Å². The van der Waals surface area contributed by atoms with Gasteiger partial charge in [-0.2, -0.15) is 0 Å². The number of fused-ring (bicyclic) bond motifs is 1. The summed E-state index contributed by atoms with van der Waals surface area (Å²) in [5.41, 5.74) is 8.48. The third-order valence-corrected chi connectivity index (χ3v) is 3.22. The molecular formula is C14H18N2O2S. The Hall–Kier alpha value is -1.46. The first kappa shape index (κ1) is 14.0. The second kappa shape index (κ2) is 6.12. The van der Waals surface area contributed by atoms with Gasteiger partial charge < -0.3 is 15.4 Å². The number of nitrogens with zero attached hydrogens (tertiary/aromatic N) is 1. The number of benzene rings is 1. The average molecular weight is 278 g/mol. The van der Waals surface area contributed by atoms with E-state index in [1.807, 2.05) is 25.1 Å². The van der Waals surface area contributed by atoms with Gasteiger partial charge in [0.2, 0.25) is 0 Å². The summed E-state index contributed by atoms with van der Waals surface area (Å²) in [6.07, 6.45) is 0.877. The van der Waals surface area contributed by atoms with Crippen LogP contribution in [0.1, 0.15) is 34.8 Å². The lowest BCUT2D eigenvalue weighted by Crippen LogP contribution is -2.38. The number of rotatable bonds is 5. The Morgan fingerprint density at radius 1 is 1.42 bits per heavy atom. The molecule has 4 nitrogen and oxygen atoms in total. The van der Waals surface area contributed by atoms with Crippen LogP contribution in [0.15, 0.2) is 18.2 Å². The number of thiocarbonyl (C=S) groups is 1. The van der Waals surface area contributed by atoms with E-state index >= 15 is 0 Å². The van der Waals surface area contributed by atoms with Gasteiger partial charge in [0.15, 0.2) is 0 Å². The largest absolute Gasteiger partial charge is 0.392 e. The molecule has 102 valence electrons. The minimum atomic E-state index is -0.0237. The smallest absolute Gasteiger partial charge is 0.254 e. The Labute approximate surface area is 118 Å². The van der Waals surface area contributed by atoms with Crippen molar-refractivity contribution in [1.29, 1.82) is 0 Å². The molecule has 0 saturated carbocycles. The second-order valence-corrected chi connectivity index (χ2v) is 5.19. The molecule has 1 heterocycles. The van der Waals surface area contributed by atoms with Gasteiger partial charge in [-0.05, 0) is 29.7 Å². The highest BCUT2D eigenvalue weighted by atomic mass is 32.1. The molecule has 0 aromatic heterocycles. The highest BCUT2D eigenvalue weighted by Gasteiger charge is 2.18. The van der Waals surface area contributed by atoms with E-state index in [-0.39, 0.29) is 5.91 Å². The van der Waals surface area contributed by atoms with Crippen molar-refractivity contribution in [1.82, 2.24) is 4.90 Å². The summed E-state index contributed by atoms with van der Waals surface area (Å²) in [5, 5.41) is 0. The normalized spacial score (nSPS) is 13.1. The van der Waals surface area contributed by atoms with Crippen molar-refractivity contribution in [3.63, 3.8) is 0 Å². The Bertz CT molecular complexity index is 502. The van der Waals surface area contributed by atoms with Crippen LogP contribution in [0.3, 0.4) is 0 Å². The van der Waals surface area contributed by atoms with Crippen LogP contribution in [0.2, 0.25) is 0 Å². The second-order valence-electron chi connectivity index (χ2n) is 4.67. The molecule has 1 amide bonds. The van der Waals surface area contributed by atoms with Crippen LogP contribution in [-0.4, -0.2) is 28.9 Å². The predicted octanol–water partition coefficient (Wildman–Crippen LogP) is 1.86. The highest BCUT2D eigenvalue weighted by molar-refractivity contribution is 7.80. The molecule has 0 fully saturated rings. The Morgan fingerprint density at radius 2 is 2.16 bits per heavy atom. The number of hydrogen-bond acceptors (Lipinski definition) is 3. The van der Waals surface area contributed by atoms with Crippen molar-refractivity contribution in [3.8, 4) is 0 Å². The molecule has 0 bridgehead atoms. The highest BCUT2D eigenvalue weighted by Crippen LogP contribution is 2.21. The summed E-state index contributed by atoms with van der Waals surface area (Å²) < 4.78 is 5.36. The summed E-state index contributed by atoms with van der Waals surface area (Å²) in [6, 6.07) is 5.71. The van der Waals surface area contributed by atoms with E-state index in [9.17, 15) is 4.79 Å². The fourth-order valence-corrected chi connectivity index (χ4v) is 2.35. The zero-order valence-electron chi connectivity index (χ0n) is 11.0. The number of carbonyl (C=O) groups excluding carboxylic acids is 1. The quantitative estimate of drug-likeness (QED) is 0.835. The Morgan fingerprint density at radius 3 is 2.84 bits per heavy atom. The van der Waals surface area contributed by atoms with Gasteiger partial charge in [0.25, 0.3) is 5.91 Å². The molecule has 5 heteroatoms. The molecule has 2 N–H and O–H groups in total. The molecule has 1 aromatic carbocycles. The number of ether oxygens (including phenoxy) is 1. The molecule has 0 aliphatic carbocycles. The zero-order chi connectivity index (χ0) is 13.8. The Kier molecular flexibility index (Phi) is 4.50. The van der Waals surface area contributed by atoms with Crippen molar-refractivity contribution in [3.05, 3.63) is 34.9 Å². The minimum Gasteiger partial charge on any atom is -0.392 e. The third-order valence-electron chi connectivity index (χ3n) is 3.10. The molecule has 0 unspecified atom stereocenters. The zero-order valence-corrected chi connectivity index (χ0v) is 11.8. The first-order valence-corrected chi connectivity index (χ1v) is 6.79. The van der Waals surface area contributed by atoms with Crippen molar-refractivity contribution in [2.45, 2.75) is 26.6 Å². The van der Waals surface area contributed by atoms with E-state index in [0.717, 1.165) is 17.5 Å². The molecule has 1 aliphatic heterocycles. The van der Waals surface area contributed by atoms with Gasteiger partial charge in [0, 0.05) is 12.1 Å². The maximum atomic E-state index is 12.4. The van der Waals surface area contributed by atoms with Gasteiger partial charge in [-0.3, -0.25) is 4.79 Å². The van der Waals surface area contributed by atoms with Gasteiger partial charge in [0.1, 0.15) is 0 Å². The van der Waals surface area contributed by atoms with Crippen LogP contribution in [0.5, 0.6) is 0 Å². The third kappa shape index (κ3) is 3.30. The SMILES string of the molecule is CCCN(CC(N)=S)C(=O)c1ccc2c(c1)COC2. The van der Waals surface area contributed by atoms with Crippen molar-refractivity contribution in [2.75, 3.05) is 13.1 Å². The fraction of sp³-hybridized carbons (Fsp3) is 0.429. The van der Waals surface area contributed by atoms with Gasteiger partial charge in [-0.15, -0.1) is 0 Å². The van der Waals surface area contributed by atoms with Crippen LogP contribution in [-0.2, 0) is 18.0 Å². The van der Waals surface area contributed by atoms with Gasteiger partial charge >= 0.3 is 0 Å². The first-order chi connectivity index (χ1) is 9.11. The lowest BCUT2D eigenvalue weighted by molar-refractivity contribution is 0.0780. The summed E-state index contributed by atoms with van der Waals surface area (Å²) in [4.78, 5) is 14.5. The van der Waals surface area contributed by atoms with Crippen LogP contribution >= 0.6 is 12.2 Å². The standard InChI is InChI=1S/C14H18N2O2S/c1-2-5-16(7-13(15)19)14(17)10-3-4-11-8-18-9-12(11)6-10/h3-4,6H,2,5,7-9H2,1H3,(H2,15,19).